The van der Waals surface area contributed by atoms with Crippen LogP contribution in [-0.4, -0.2) is 18.0 Å². The minimum atomic E-state index is -0.285. The SMILES string of the molecule is CCC(CC)(CN)NC(=O)C(C)c1ccc(Cl)s1.Cl. The van der Waals surface area contributed by atoms with Crippen LogP contribution < -0.4 is 11.1 Å². The number of carbonyl (C=O) groups excluding carboxylic acids is 1. The largest absolute Gasteiger partial charge is 0.349 e. The smallest absolute Gasteiger partial charge is 0.228 e. The highest BCUT2D eigenvalue weighted by Crippen LogP contribution is 2.28. The molecule has 1 amide bonds. The maximum Gasteiger partial charge on any atom is 0.228 e. The third-order valence-electron chi connectivity index (χ3n) is 3.55. The van der Waals surface area contributed by atoms with Gasteiger partial charge in [0.1, 0.15) is 0 Å². The molecule has 0 saturated carbocycles. The number of carbonyl (C=O) groups is 1. The second kappa shape index (κ2) is 8.10. The van der Waals surface area contributed by atoms with Crippen molar-refractivity contribution in [2.75, 3.05) is 6.54 Å². The summed E-state index contributed by atoms with van der Waals surface area (Å²) in [5, 5.41) is 3.09. The first-order chi connectivity index (χ1) is 8.48. The van der Waals surface area contributed by atoms with Crippen LogP contribution in [0.15, 0.2) is 12.1 Å². The van der Waals surface area contributed by atoms with Crippen LogP contribution in [0.4, 0.5) is 0 Å². The third-order valence-corrected chi connectivity index (χ3v) is 4.96. The molecular weight excluding hydrogens is 303 g/mol. The molecular formula is C13H22Cl2N2OS. The highest BCUT2D eigenvalue weighted by molar-refractivity contribution is 7.16. The van der Waals surface area contributed by atoms with Crippen molar-refractivity contribution in [3.05, 3.63) is 21.3 Å². The molecule has 1 rings (SSSR count). The predicted molar refractivity (Wildman–Crippen MR) is 85.5 cm³/mol. The maximum atomic E-state index is 12.2. The zero-order valence-corrected chi connectivity index (χ0v) is 13.9. The van der Waals surface area contributed by atoms with E-state index in [0.717, 1.165) is 17.7 Å². The van der Waals surface area contributed by atoms with Crippen molar-refractivity contribution in [1.82, 2.24) is 5.32 Å². The van der Waals surface area contributed by atoms with Gasteiger partial charge in [-0.1, -0.05) is 25.4 Å². The van der Waals surface area contributed by atoms with E-state index < -0.39 is 0 Å². The number of halogens is 2. The van der Waals surface area contributed by atoms with E-state index in [1.165, 1.54) is 11.3 Å². The average molecular weight is 325 g/mol. The minimum Gasteiger partial charge on any atom is -0.349 e. The van der Waals surface area contributed by atoms with Crippen molar-refractivity contribution in [3.8, 4) is 0 Å². The van der Waals surface area contributed by atoms with E-state index in [2.05, 4.69) is 5.32 Å². The van der Waals surface area contributed by atoms with Gasteiger partial charge in [0.05, 0.1) is 15.8 Å². The van der Waals surface area contributed by atoms with E-state index in [-0.39, 0.29) is 29.8 Å². The zero-order chi connectivity index (χ0) is 13.8. The van der Waals surface area contributed by atoms with Gasteiger partial charge >= 0.3 is 0 Å². The van der Waals surface area contributed by atoms with Gasteiger partial charge in [-0.05, 0) is 31.9 Å². The number of hydrogen-bond donors (Lipinski definition) is 2. The second-order valence-electron chi connectivity index (χ2n) is 4.54. The van der Waals surface area contributed by atoms with Crippen molar-refractivity contribution >= 4 is 41.3 Å². The highest BCUT2D eigenvalue weighted by Gasteiger charge is 2.29. The third kappa shape index (κ3) is 4.63. The van der Waals surface area contributed by atoms with Crippen LogP contribution >= 0.6 is 35.3 Å². The Hall–Kier alpha value is -0.290. The Labute approximate surface area is 130 Å². The van der Waals surface area contributed by atoms with Crippen LogP contribution in [0.3, 0.4) is 0 Å². The average Bonchev–Trinajstić information content (AvgIpc) is 2.81. The van der Waals surface area contributed by atoms with Gasteiger partial charge in [-0.2, -0.15) is 0 Å². The molecule has 19 heavy (non-hydrogen) atoms. The molecule has 0 aliphatic heterocycles. The summed E-state index contributed by atoms with van der Waals surface area (Å²) in [4.78, 5) is 13.2. The van der Waals surface area contributed by atoms with Crippen molar-refractivity contribution in [1.29, 1.82) is 0 Å². The fourth-order valence-electron chi connectivity index (χ4n) is 1.83. The molecule has 0 bridgehead atoms. The molecule has 0 aromatic carbocycles. The van der Waals surface area contributed by atoms with Gasteiger partial charge in [0.25, 0.3) is 0 Å². The van der Waals surface area contributed by atoms with Crippen molar-refractivity contribution in [2.45, 2.75) is 45.1 Å². The molecule has 0 spiro atoms. The Balaban J connectivity index is 0.00000324. The van der Waals surface area contributed by atoms with Crippen molar-refractivity contribution in [2.24, 2.45) is 5.73 Å². The summed E-state index contributed by atoms with van der Waals surface area (Å²) in [7, 11) is 0. The number of hydrogen-bond acceptors (Lipinski definition) is 3. The summed E-state index contributed by atoms with van der Waals surface area (Å²) >= 11 is 7.34. The first kappa shape index (κ1) is 18.7. The van der Waals surface area contributed by atoms with E-state index in [1.807, 2.05) is 32.9 Å². The van der Waals surface area contributed by atoms with Crippen LogP contribution in [-0.2, 0) is 4.79 Å². The quantitative estimate of drug-likeness (QED) is 0.840. The molecule has 110 valence electrons. The normalized spacial score (nSPS) is 12.7. The molecule has 0 fully saturated rings. The van der Waals surface area contributed by atoms with Crippen LogP contribution in [0.5, 0.6) is 0 Å². The molecule has 1 atom stereocenters. The number of amides is 1. The minimum absolute atomic E-state index is 0. The van der Waals surface area contributed by atoms with Gasteiger partial charge in [-0.25, -0.2) is 0 Å². The van der Waals surface area contributed by atoms with E-state index in [0.29, 0.717) is 10.9 Å². The Morgan fingerprint density at radius 2 is 2.05 bits per heavy atom. The molecule has 1 heterocycles. The Morgan fingerprint density at radius 1 is 1.47 bits per heavy atom. The fourth-order valence-corrected chi connectivity index (χ4v) is 2.94. The standard InChI is InChI=1S/C13H21ClN2OS.ClH/c1-4-13(5-2,8-15)16-12(17)9(3)10-6-7-11(14)18-10;/h6-7,9H,4-5,8,15H2,1-3H3,(H,16,17);1H. The van der Waals surface area contributed by atoms with Crippen molar-refractivity contribution in [3.63, 3.8) is 0 Å². The van der Waals surface area contributed by atoms with Gasteiger partial charge in [0.15, 0.2) is 0 Å². The van der Waals surface area contributed by atoms with Crippen LogP contribution in [0.25, 0.3) is 0 Å². The molecule has 0 saturated heterocycles. The monoisotopic (exact) mass is 324 g/mol. The lowest BCUT2D eigenvalue weighted by molar-refractivity contribution is -0.124. The molecule has 0 aliphatic carbocycles. The van der Waals surface area contributed by atoms with Gasteiger partial charge in [-0.15, -0.1) is 23.7 Å². The molecule has 3 nitrogen and oxygen atoms in total. The van der Waals surface area contributed by atoms with Crippen LogP contribution in [0.1, 0.15) is 44.4 Å². The summed E-state index contributed by atoms with van der Waals surface area (Å²) in [6.07, 6.45) is 1.67. The molecule has 0 radical (unpaired) electrons. The number of thiophene rings is 1. The van der Waals surface area contributed by atoms with E-state index in [4.69, 9.17) is 17.3 Å². The predicted octanol–water partition coefficient (Wildman–Crippen LogP) is 3.56. The molecule has 1 aromatic rings. The summed E-state index contributed by atoms with van der Waals surface area (Å²) in [5.41, 5.74) is 5.50. The molecule has 0 aliphatic rings. The topological polar surface area (TPSA) is 55.1 Å². The first-order valence-corrected chi connectivity index (χ1v) is 7.44. The highest BCUT2D eigenvalue weighted by atomic mass is 35.5. The lowest BCUT2D eigenvalue weighted by atomic mass is 9.92. The first-order valence-electron chi connectivity index (χ1n) is 6.25. The maximum absolute atomic E-state index is 12.2. The van der Waals surface area contributed by atoms with Gasteiger partial charge in [0.2, 0.25) is 5.91 Å². The molecule has 1 aromatic heterocycles. The Morgan fingerprint density at radius 3 is 2.42 bits per heavy atom. The Bertz CT molecular complexity index is 397. The van der Waals surface area contributed by atoms with Gasteiger partial charge in [0, 0.05) is 11.4 Å². The zero-order valence-electron chi connectivity index (χ0n) is 11.5. The Kier molecular flexibility index (Phi) is 7.98. The van der Waals surface area contributed by atoms with E-state index >= 15 is 0 Å². The summed E-state index contributed by atoms with van der Waals surface area (Å²) < 4.78 is 0.709. The fraction of sp³-hybridized carbons (Fsp3) is 0.615. The van der Waals surface area contributed by atoms with Crippen LogP contribution in [0.2, 0.25) is 4.34 Å². The summed E-state index contributed by atoms with van der Waals surface area (Å²) in [6, 6.07) is 3.72. The molecule has 1 unspecified atom stereocenters. The van der Waals surface area contributed by atoms with Gasteiger partial charge in [-0.3, -0.25) is 4.79 Å². The lowest BCUT2D eigenvalue weighted by Gasteiger charge is -2.32. The number of rotatable bonds is 6. The molecule has 6 heteroatoms. The second-order valence-corrected chi connectivity index (χ2v) is 6.29. The van der Waals surface area contributed by atoms with E-state index in [9.17, 15) is 4.79 Å². The van der Waals surface area contributed by atoms with Gasteiger partial charge < -0.3 is 11.1 Å². The number of nitrogens with two attached hydrogens (primary N) is 1. The summed E-state index contributed by atoms with van der Waals surface area (Å²) in [5.74, 6) is -0.172. The number of nitrogens with one attached hydrogen (secondary N) is 1. The lowest BCUT2D eigenvalue weighted by Crippen LogP contribution is -2.53. The van der Waals surface area contributed by atoms with E-state index in [1.54, 1.807) is 0 Å². The molecule has 3 N–H and O–H groups in total. The summed E-state index contributed by atoms with van der Waals surface area (Å²) in [6.45, 7) is 6.44. The van der Waals surface area contributed by atoms with Crippen LogP contribution in [0, 0.1) is 0 Å². The van der Waals surface area contributed by atoms with Crippen molar-refractivity contribution < 1.29 is 4.79 Å².